The van der Waals surface area contributed by atoms with Crippen molar-refractivity contribution in [2.75, 3.05) is 66.6 Å². The number of amides is 1. The van der Waals surface area contributed by atoms with Crippen molar-refractivity contribution in [1.82, 2.24) is 14.7 Å². The summed E-state index contributed by atoms with van der Waals surface area (Å²) in [6, 6.07) is 7.41. The molecule has 29 heavy (non-hydrogen) atoms. The van der Waals surface area contributed by atoms with Gasteiger partial charge in [-0.3, -0.25) is 9.69 Å². The standard InChI is InChI=1S/C22H33N3O4/c1-23-11-13-24(14-12-23)16-18-15-22(29-18)7-9-25(10-8-22)21(26)17-28-20-6-4-3-5-19(20)27-2/h3-6,18H,7-17H2,1-2H3. The molecular weight excluding hydrogens is 370 g/mol. The van der Waals surface area contributed by atoms with Crippen LogP contribution in [0.2, 0.25) is 0 Å². The highest BCUT2D eigenvalue weighted by molar-refractivity contribution is 5.78. The number of piperazine rings is 1. The topological polar surface area (TPSA) is 54.5 Å². The number of benzene rings is 1. The number of likely N-dealkylation sites (N-methyl/N-ethyl adjacent to an activating group) is 1. The van der Waals surface area contributed by atoms with Crippen molar-refractivity contribution in [3.8, 4) is 11.5 Å². The van der Waals surface area contributed by atoms with Gasteiger partial charge in [-0.2, -0.15) is 0 Å². The van der Waals surface area contributed by atoms with Crippen molar-refractivity contribution in [2.45, 2.75) is 31.0 Å². The summed E-state index contributed by atoms with van der Waals surface area (Å²) in [4.78, 5) is 19.3. The number of hydrogen-bond acceptors (Lipinski definition) is 6. The zero-order valence-corrected chi connectivity index (χ0v) is 17.6. The molecule has 1 aromatic rings. The second-order valence-electron chi connectivity index (χ2n) is 8.55. The van der Waals surface area contributed by atoms with E-state index in [0.717, 1.165) is 65.1 Å². The minimum Gasteiger partial charge on any atom is -0.493 e. The van der Waals surface area contributed by atoms with E-state index < -0.39 is 0 Å². The first kappa shape index (κ1) is 20.4. The average molecular weight is 404 g/mol. The smallest absolute Gasteiger partial charge is 0.260 e. The predicted molar refractivity (Wildman–Crippen MR) is 110 cm³/mol. The fourth-order valence-electron chi connectivity index (χ4n) is 4.63. The Bertz CT molecular complexity index is 689. The normalized spacial score (nSPS) is 24.9. The number of para-hydroxylation sites is 2. The molecule has 3 aliphatic rings. The minimum absolute atomic E-state index is 0.00245. The summed E-state index contributed by atoms with van der Waals surface area (Å²) in [5, 5.41) is 0. The molecule has 0 radical (unpaired) electrons. The van der Waals surface area contributed by atoms with Crippen LogP contribution in [0, 0.1) is 0 Å². The third-order valence-electron chi connectivity index (χ3n) is 6.52. The van der Waals surface area contributed by atoms with Gasteiger partial charge in [-0.25, -0.2) is 0 Å². The first-order valence-electron chi connectivity index (χ1n) is 10.7. The van der Waals surface area contributed by atoms with Crippen molar-refractivity contribution < 1.29 is 19.0 Å². The number of hydrogen-bond donors (Lipinski definition) is 0. The Morgan fingerprint density at radius 3 is 2.41 bits per heavy atom. The summed E-state index contributed by atoms with van der Waals surface area (Å²) in [5.74, 6) is 1.28. The van der Waals surface area contributed by atoms with Crippen molar-refractivity contribution in [1.29, 1.82) is 0 Å². The first-order chi connectivity index (χ1) is 14.1. The van der Waals surface area contributed by atoms with Crippen LogP contribution in [0.4, 0.5) is 0 Å². The summed E-state index contributed by atoms with van der Waals surface area (Å²) >= 11 is 0. The Morgan fingerprint density at radius 1 is 1.10 bits per heavy atom. The second kappa shape index (κ2) is 8.90. The molecule has 1 aromatic carbocycles. The highest BCUT2D eigenvalue weighted by atomic mass is 16.5. The van der Waals surface area contributed by atoms with Crippen LogP contribution in [0.3, 0.4) is 0 Å². The largest absolute Gasteiger partial charge is 0.493 e. The molecule has 1 atom stereocenters. The maximum atomic E-state index is 12.6. The monoisotopic (exact) mass is 403 g/mol. The highest BCUT2D eigenvalue weighted by Gasteiger charge is 2.48. The maximum absolute atomic E-state index is 12.6. The van der Waals surface area contributed by atoms with Gasteiger partial charge in [-0.1, -0.05) is 12.1 Å². The lowest BCUT2D eigenvalue weighted by molar-refractivity contribution is -0.230. The van der Waals surface area contributed by atoms with Gasteiger partial charge in [-0.05, 0) is 32.0 Å². The number of ether oxygens (including phenoxy) is 3. The lowest BCUT2D eigenvalue weighted by atomic mass is 9.80. The van der Waals surface area contributed by atoms with Crippen LogP contribution in [0.5, 0.6) is 11.5 Å². The van der Waals surface area contributed by atoms with Crippen LogP contribution in [0.15, 0.2) is 24.3 Å². The number of likely N-dealkylation sites (tertiary alicyclic amines) is 1. The Labute approximate surface area is 173 Å². The summed E-state index contributed by atoms with van der Waals surface area (Å²) in [7, 11) is 3.78. The van der Waals surface area contributed by atoms with Crippen molar-refractivity contribution in [3.05, 3.63) is 24.3 Å². The number of rotatable bonds is 6. The Hall–Kier alpha value is -1.83. The molecule has 1 unspecified atom stereocenters. The molecule has 0 bridgehead atoms. The Balaban J connectivity index is 1.17. The summed E-state index contributed by atoms with van der Waals surface area (Å²) in [6.07, 6.45) is 3.33. The lowest BCUT2D eigenvalue weighted by Gasteiger charge is -2.53. The average Bonchev–Trinajstić information content (AvgIpc) is 2.73. The van der Waals surface area contributed by atoms with E-state index in [4.69, 9.17) is 14.2 Å². The van der Waals surface area contributed by atoms with Gasteiger partial charge in [0.15, 0.2) is 18.1 Å². The second-order valence-corrected chi connectivity index (χ2v) is 8.55. The summed E-state index contributed by atoms with van der Waals surface area (Å²) < 4.78 is 17.3. The number of nitrogens with zero attached hydrogens (tertiary/aromatic N) is 3. The SMILES string of the molecule is COc1ccccc1OCC(=O)N1CCC2(CC1)CC(CN1CCN(C)CC1)O2. The molecule has 3 saturated heterocycles. The van der Waals surface area contributed by atoms with Gasteiger partial charge >= 0.3 is 0 Å². The first-order valence-corrected chi connectivity index (χ1v) is 10.7. The molecule has 1 amide bonds. The molecule has 3 fully saturated rings. The van der Waals surface area contributed by atoms with Gasteiger partial charge in [0.2, 0.25) is 0 Å². The Morgan fingerprint density at radius 2 is 1.76 bits per heavy atom. The van der Waals surface area contributed by atoms with E-state index in [0.29, 0.717) is 17.6 Å². The van der Waals surface area contributed by atoms with Crippen LogP contribution in [-0.4, -0.2) is 98.9 Å². The third-order valence-corrected chi connectivity index (χ3v) is 6.52. The predicted octanol–water partition coefficient (Wildman–Crippen LogP) is 1.47. The Kier molecular flexibility index (Phi) is 6.27. The number of carbonyl (C=O) groups is 1. The molecule has 4 rings (SSSR count). The van der Waals surface area contributed by atoms with Crippen molar-refractivity contribution >= 4 is 5.91 Å². The van der Waals surface area contributed by atoms with E-state index in [-0.39, 0.29) is 18.1 Å². The zero-order chi connectivity index (χ0) is 20.3. The third kappa shape index (κ3) is 4.85. The number of piperidine rings is 1. The van der Waals surface area contributed by atoms with Gasteiger partial charge in [0.05, 0.1) is 18.8 Å². The molecule has 0 aromatic heterocycles. The van der Waals surface area contributed by atoms with E-state index in [1.807, 2.05) is 29.2 Å². The molecule has 7 heteroatoms. The van der Waals surface area contributed by atoms with E-state index in [1.165, 1.54) is 0 Å². The van der Waals surface area contributed by atoms with Crippen LogP contribution in [0.1, 0.15) is 19.3 Å². The van der Waals surface area contributed by atoms with Gasteiger partial charge < -0.3 is 24.0 Å². The van der Waals surface area contributed by atoms with E-state index in [1.54, 1.807) is 7.11 Å². The molecule has 3 aliphatic heterocycles. The molecule has 0 aliphatic carbocycles. The molecule has 160 valence electrons. The lowest BCUT2D eigenvalue weighted by Crippen LogP contribution is -2.60. The zero-order valence-electron chi connectivity index (χ0n) is 17.6. The van der Waals surface area contributed by atoms with Crippen LogP contribution < -0.4 is 9.47 Å². The molecular formula is C22H33N3O4. The van der Waals surface area contributed by atoms with Gasteiger partial charge in [0.1, 0.15) is 0 Å². The van der Waals surface area contributed by atoms with Crippen LogP contribution in [-0.2, 0) is 9.53 Å². The summed E-state index contributed by atoms with van der Waals surface area (Å²) in [6.45, 7) is 7.14. The van der Waals surface area contributed by atoms with Gasteiger partial charge in [-0.15, -0.1) is 0 Å². The molecule has 7 nitrogen and oxygen atoms in total. The molecule has 0 saturated carbocycles. The quantitative estimate of drug-likeness (QED) is 0.717. The maximum Gasteiger partial charge on any atom is 0.260 e. The van der Waals surface area contributed by atoms with E-state index in [9.17, 15) is 4.79 Å². The van der Waals surface area contributed by atoms with Crippen LogP contribution in [0.25, 0.3) is 0 Å². The molecule has 3 heterocycles. The number of methoxy groups -OCH3 is 1. The van der Waals surface area contributed by atoms with E-state index >= 15 is 0 Å². The van der Waals surface area contributed by atoms with Crippen LogP contribution >= 0.6 is 0 Å². The minimum atomic E-state index is -0.00245. The summed E-state index contributed by atoms with van der Waals surface area (Å²) in [5.41, 5.74) is -0.00245. The van der Waals surface area contributed by atoms with Crippen molar-refractivity contribution in [2.24, 2.45) is 0 Å². The fraction of sp³-hybridized carbons (Fsp3) is 0.682. The van der Waals surface area contributed by atoms with Gasteiger partial charge in [0, 0.05) is 52.2 Å². The van der Waals surface area contributed by atoms with Crippen molar-refractivity contribution in [3.63, 3.8) is 0 Å². The number of carbonyl (C=O) groups excluding carboxylic acids is 1. The molecule has 1 spiro atoms. The van der Waals surface area contributed by atoms with Gasteiger partial charge in [0.25, 0.3) is 5.91 Å². The van der Waals surface area contributed by atoms with E-state index in [2.05, 4.69) is 16.8 Å². The fourth-order valence-corrected chi connectivity index (χ4v) is 4.63. The highest BCUT2D eigenvalue weighted by Crippen LogP contribution is 2.41. The molecule has 0 N–H and O–H groups in total.